The van der Waals surface area contributed by atoms with Crippen LogP contribution in [0, 0.1) is 6.92 Å². The standard InChI is InChI=1S/C21H15ClN2O/c1-14-11-12-16(13-19(14)22)25-21-18-10-6-5-9-17(18)20(23-24-21)15-7-3-2-4-8-15/h2-13H,1H3. The zero-order chi connectivity index (χ0) is 17.2. The van der Waals surface area contributed by atoms with Crippen LogP contribution >= 0.6 is 11.6 Å². The van der Waals surface area contributed by atoms with Gasteiger partial charge in [0.2, 0.25) is 5.88 Å². The van der Waals surface area contributed by atoms with Crippen LogP contribution in [0.25, 0.3) is 22.0 Å². The first-order valence-electron chi connectivity index (χ1n) is 7.97. The van der Waals surface area contributed by atoms with Crippen LogP contribution in [-0.2, 0) is 0 Å². The lowest BCUT2D eigenvalue weighted by molar-refractivity contribution is 0.462. The predicted molar refractivity (Wildman–Crippen MR) is 101 cm³/mol. The molecule has 4 rings (SSSR count). The Morgan fingerprint density at radius 2 is 1.52 bits per heavy atom. The predicted octanol–water partition coefficient (Wildman–Crippen LogP) is 6.05. The normalized spacial score (nSPS) is 10.8. The van der Waals surface area contributed by atoms with Crippen molar-refractivity contribution in [3.05, 3.63) is 83.4 Å². The molecule has 3 aromatic carbocycles. The number of benzene rings is 3. The van der Waals surface area contributed by atoms with Crippen molar-refractivity contribution in [1.29, 1.82) is 0 Å². The summed E-state index contributed by atoms with van der Waals surface area (Å²) in [5, 5.41) is 11.3. The minimum absolute atomic E-state index is 0.468. The first-order chi connectivity index (χ1) is 12.2. The molecule has 0 aliphatic rings. The van der Waals surface area contributed by atoms with Crippen molar-refractivity contribution in [3.8, 4) is 22.9 Å². The third kappa shape index (κ3) is 3.06. The Morgan fingerprint density at radius 1 is 0.800 bits per heavy atom. The summed E-state index contributed by atoms with van der Waals surface area (Å²) < 4.78 is 5.96. The summed E-state index contributed by atoms with van der Waals surface area (Å²) in [6.45, 7) is 1.95. The smallest absolute Gasteiger partial charge is 0.246 e. The number of rotatable bonds is 3. The second kappa shape index (κ2) is 6.54. The third-order valence-electron chi connectivity index (χ3n) is 4.06. The highest BCUT2D eigenvalue weighted by Crippen LogP contribution is 2.33. The second-order valence-electron chi connectivity index (χ2n) is 5.78. The summed E-state index contributed by atoms with van der Waals surface area (Å²) >= 11 is 6.19. The molecule has 0 spiro atoms. The topological polar surface area (TPSA) is 35.0 Å². The fourth-order valence-corrected chi connectivity index (χ4v) is 2.88. The van der Waals surface area contributed by atoms with E-state index in [0.717, 1.165) is 27.6 Å². The van der Waals surface area contributed by atoms with E-state index in [4.69, 9.17) is 16.3 Å². The van der Waals surface area contributed by atoms with E-state index in [0.29, 0.717) is 16.7 Å². The Bertz CT molecular complexity index is 1050. The number of aryl methyl sites for hydroxylation is 1. The van der Waals surface area contributed by atoms with Crippen molar-refractivity contribution in [2.45, 2.75) is 6.92 Å². The van der Waals surface area contributed by atoms with Crippen molar-refractivity contribution in [1.82, 2.24) is 10.2 Å². The van der Waals surface area contributed by atoms with Gasteiger partial charge in [0.25, 0.3) is 0 Å². The van der Waals surface area contributed by atoms with Gasteiger partial charge in [0.1, 0.15) is 11.4 Å². The lowest BCUT2D eigenvalue weighted by Gasteiger charge is -2.11. The van der Waals surface area contributed by atoms with Gasteiger partial charge in [-0.3, -0.25) is 0 Å². The zero-order valence-electron chi connectivity index (χ0n) is 13.6. The molecule has 4 aromatic rings. The fourth-order valence-electron chi connectivity index (χ4n) is 2.71. The van der Waals surface area contributed by atoms with E-state index >= 15 is 0 Å². The van der Waals surface area contributed by atoms with Crippen LogP contribution in [-0.4, -0.2) is 10.2 Å². The maximum atomic E-state index is 6.19. The molecule has 0 saturated heterocycles. The molecule has 0 unspecified atom stereocenters. The molecule has 0 N–H and O–H groups in total. The van der Waals surface area contributed by atoms with Crippen molar-refractivity contribution in [3.63, 3.8) is 0 Å². The average molecular weight is 347 g/mol. The molecular formula is C21H15ClN2O. The first kappa shape index (κ1) is 15.6. The van der Waals surface area contributed by atoms with Crippen LogP contribution in [0.5, 0.6) is 11.6 Å². The first-order valence-corrected chi connectivity index (χ1v) is 8.35. The summed E-state index contributed by atoms with van der Waals surface area (Å²) in [5.74, 6) is 1.11. The Labute approximate surface area is 150 Å². The van der Waals surface area contributed by atoms with E-state index in [1.807, 2.05) is 73.7 Å². The zero-order valence-corrected chi connectivity index (χ0v) is 14.4. The molecule has 0 radical (unpaired) electrons. The highest BCUT2D eigenvalue weighted by Gasteiger charge is 2.12. The number of hydrogen-bond donors (Lipinski definition) is 0. The van der Waals surface area contributed by atoms with Gasteiger partial charge in [-0.2, -0.15) is 0 Å². The fraction of sp³-hybridized carbons (Fsp3) is 0.0476. The van der Waals surface area contributed by atoms with E-state index < -0.39 is 0 Å². The second-order valence-corrected chi connectivity index (χ2v) is 6.19. The molecule has 0 aliphatic carbocycles. The van der Waals surface area contributed by atoms with E-state index in [1.54, 1.807) is 6.07 Å². The van der Waals surface area contributed by atoms with Crippen molar-refractivity contribution in [2.75, 3.05) is 0 Å². The number of hydrogen-bond acceptors (Lipinski definition) is 3. The Balaban J connectivity index is 1.82. The van der Waals surface area contributed by atoms with Crippen LogP contribution in [0.4, 0.5) is 0 Å². The molecule has 0 atom stereocenters. The Morgan fingerprint density at radius 3 is 2.28 bits per heavy atom. The van der Waals surface area contributed by atoms with E-state index in [1.165, 1.54) is 0 Å². The average Bonchev–Trinajstić information content (AvgIpc) is 2.66. The summed E-state index contributed by atoms with van der Waals surface area (Å²) in [7, 11) is 0. The summed E-state index contributed by atoms with van der Waals surface area (Å²) in [6.07, 6.45) is 0. The van der Waals surface area contributed by atoms with Crippen LogP contribution in [0.1, 0.15) is 5.56 Å². The molecule has 0 bridgehead atoms. The summed E-state index contributed by atoms with van der Waals surface area (Å²) in [4.78, 5) is 0. The Kier molecular flexibility index (Phi) is 4.08. The number of fused-ring (bicyclic) bond motifs is 1. The van der Waals surface area contributed by atoms with Gasteiger partial charge < -0.3 is 4.74 Å². The van der Waals surface area contributed by atoms with Crippen molar-refractivity contribution in [2.24, 2.45) is 0 Å². The van der Waals surface area contributed by atoms with Crippen LogP contribution in [0.15, 0.2) is 72.8 Å². The van der Waals surface area contributed by atoms with Crippen molar-refractivity contribution < 1.29 is 4.74 Å². The quantitative estimate of drug-likeness (QED) is 0.453. The molecular weight excluding hydrogens is 332 g/mol. The minimum atomic E-state index is 0.468. The monoisotopic (exact) mass is 346 g/mol. The number of nitrogens with zero attached hydrogens (tertiary/aromatic N) is 2. The van der Waals surface area contributed by atoms with Gasteiger partial charge in [0.15, 0.2) is 0 Å². The highest BCUT2D eigenvalue weighted by atomic mass is 35.5. The number of aromatic nitrogens is 2. The van der Waals surface area contributed by atoms with Gasteiger partial charge in [-0.25, -0.2) is 0 Å². The maximum Gasteiger partial charge on any atom is 0.246 e. The largest absolute Gasteiger partial charge is 0.437 e. The third-order valence-corrected chi connectivity index (χ3v) is 4.47. The molecule has 0 saturated carbocycles. The van der Waals surface area contributed by atoms with Gasteiger partial charge in [0.05, 0.1) is 0 Å². The number of halogens is 1. The molecule has 25 heavy (non-hydrogen) atoms. The molecule has 122 valence electrons. The molecule has 1 aromatic heterocycles. The van der Waals surface area contributed by atoms with Gasteiger partial charge >= 0.3 is 0 Å². The molecule has 0 amide bonds. The number of ether oxygens (including phenoxy) is 1. The van der Waals surface area contributed by atoms with Gasteiger partial charge in [-0.15, -0.1) is 10.2 Å². The minimum Gasteiger partial charge on any atom is -0.437 e. The molecule has 0 fully saturated rings. The molecule has 1 heterocycles. The van der Waals surface area contributed by atoms with Crippen LogP contribution in [0.2, 0.25) is 5.02 Å². The summed E-state index contributed by atoms with van der Waals surface area (Å²) in [5.41, 5.74) is 2.87. The molecule has 0 aliphatic heterocycles. The lowest BCUT2D eigenvalue weighted by atomic mass is 10.1. The van der Waals surface area contributed by atoms with Gasteiger partial charge in [-0.1, -0.05) is 66.2 Å². The van der Waals surface area contributed by atoms with Gasteiger partial charge in [0, 0.05) is 21.4 Å². The Hall–Kier alpha value is -2.91. The van der Waals surface area contributed by atoms with Crippen LogP contribution < -0.4 is 4.74 Å². The maximum absolute atomic E-state index is 6.19. The highest BCUT2D eigenvalue weighted by molar-refractivity contribution is 6.31. The van der Waals surface area contributed by atoms with E-state index in [-0.39, 0.29) is 0 Å². The SMILES string of the molecule is Cc1ccc(Oc2nnc(-c3ccccc3)c3ccccc23)cc1Cl. The van der Waals surface area contributed by atoms with Crippen molar-refractivity contribution >= 4 is 22.4 Å². The molecule has 4 heteroatoms. The van der Waals surface area contributed by atoms with E-state index in [2.05, 4.69) is 10.2 Å². The summed E-state index contributed by atoms with van der Waals surface area (Å²) in [6, 6.07) is 23.6. The van der Waals surface area contributed by atoms with Crippen LogP contribution in [0.3, 0.4) is 0 Å². The van der Waals surface area contributed by atoms with Gasteiger partial charge in [-0.05, 0) is 30.7 Å². The lowest BCUT2D eigenvalue weighted by Crippen LogP contribution is -1.96. The van der Waals surface area contributed by atoms with E-state index in [9.17, 15) is 0 Å². The molecule has 3 nitrogen and oxygen atoms in total.